The molecular formula is C14H27N2S+. The quantitative estimate of drug-likeness (QED) is 0.389. The highest BCUT2D eigenvalue weighted by atomic mass is 32.1. The number of unbranched alkanes of at least 4 members (excludes halogenated alkanes) is 6. The zero-order chi connectivity index (χ0) is 12.5. The molecule has 1 rings (SSSR count). The zero-order valence-electron chi connectivity index (χ0n) is 11.3. The van der Waals surface area contributed by atoms with Gasteiger partial charge in [0.15, 0.2) is 0 Å². The third-order valence-electron chi connectivity index (χ3n) is 3.20. The molecule has 1 atom stereocenters. The minimum Gasteiger partial charge on any atom is -0.240 e. The molecule has 0 radical (unpaired) electrons. The maximum Gasteiger partial charge on any atom is 0.244 e. The fourth-order valence-electron chi connectivity index (χ4n) is 2.08. The first-order valence-corrected chi connectivity index (χ1v) is 7.46. The van der Waals surface area contributed by atoms with Crippen molar-refractivity contribution in [2.45, 2.75) is 63.7 Å². The van der Waals surface area contributed by atoms with Gasteiger partial charge < -0.3 is 0 Å². The topological polar surface area (TPSA) is 8.81 Å². The van der Waals surface area contributed by atoms with E-state index in [1.807, 2.05) is 7.05 Å². The van der Waals surface area contributed by atoms with E-state index in [9.17, 15) is 0 Å². The van der Waals surface area contributed by atoms with Crippen molar-refractivity contribution in [3.05, 3.63) is 18.7 Å². The van der Waals surface area contributed by atoms with Crippen molar-refractivity contribution in [1.82, 2.24) is 4.57 Å². The van der Waals surface area contributed by atoms with Gasteiger partial charge in [-0.15, -0.1) is 12.6 Å². The molecule has 0 aliphatic heterocycles. The molecule has 0 saturated carbocycles. The maximum atomic E-state index is 4.64. The van der Waals surface area contributed by atoms with Crippen LogP contribution in [0.4, 0.5) is 0 Å². The Labute approximate surface area is 111 Å². The second-order valence-electron chi connectivity index (χ2n) is 4.92. The standard InChI is InChI=1S/C14H26N2S/c1-3-4-5-6-7-8-9-10-14(17)16-12-11-15(2)13-16/h11-14H,3-10H2,1-2H3/p+1. The normalized spacial score (nSPS) is 12.9. The molecule has 1 heterocycles. The molecule has 0 aromatic carbocycles. The van der Waals surface area contributed by atoms with E-state index in [-0.39, 0.29) is 0 Å². The Balaban J connectivity index is 2.03. The van der Waals surface area contributed by atoms with E-state index in [0.29, 0.717) is 5.37 Å². The molecule has 0 N–H and O–H groups in total. The summed E-state index contributed by atoms with van der Waals surface area (Å²) in [4.78, 5) is 0. The van der Waals surface area contributed by atoms with Crippen molar-refractivity contribution < 1.29 is 4.57 Å². The van der Waals surface area contributed by atoms with Crippen molar-refractivity contribution in [2.24, 2.45) is 7.05 Å². The zero-order valence-corrected chi connectivity index (χ0v) is 12.2. The van der Waals surface area contributed by atoms with Gasteiger partial charge in [-0.1, -0.05) is 45.4 Å². The van der Waals surface area contributed by atoms with Gasteiger partial charge in [0.2, 0.25) is 6.33 Å². The lowest BCUT2D eigenvalue weighted by Gasteiger charge is -2.06. The Bertz CT molecular complexity index is 296. The van der Waals surface area contributed by atoms with Gasteiger partial charge in [-0.05, 0) is 12.8 Å². The molecule has 98 valence electrons. The van der Waals surface area contributed by atoms with Crippen LogP contribution >= 0.6 is 12.6 Å². The Morgan fingerprint density at radius 1 is 1.12 bits per heavy atom. The first-order chi connectivity index (χ1) is 8.24. The van der Waals surface area contributed by atoms with E-state index in [0.717, 1.165) is 0 Å². The maximum absolute atomic E-state index is 4.64. The van der Waals surface area contributed by atoms with Crippen molar-refractivity contribution >= 4 is 12.6 Å². The monoisotopic (exact) mass is 255 g/mol. The number of hydrogen-bond acceptors (Lipinski definition) is 1. The lowest BCUT2D eigenvalue weighted by molar-refractivity contribution is -0.671. The molecule has 0 saturated heterocycles. The van der Waals surface area contributed by atoms with Crippen LogP contribution in [0.2, 0.25) is 0 Å². The number of thiol groups is 1. The summed E-state index contributed by atoms with van der Waals surface area (Å²) in [5.41, 5.74) is 0. The highest BCUT2D eigenvalue weighted by molar-refractivity contribution is 7.80. The van der Waals surface area contributed by atoms with E-state index >= 15 is 0 Å². The molecule has 0 aliphatic rings. The number of imidazole rings is 1. The van der Waals surface area contributed by atoms with Crippen LogP contribution < -0.4 is 4.57 Å². The van der Waals surface area contributed by atoms with E-state index in [2.05, 4.69) is 47.4 Å². The van der Waals surface area contributed by atoms with Gasteiger partial charge in [0, 0.05) is 0 Å². The van der Waals surface area contributed by atoms with Crippen LogP contribution in [0.5, 0.6) is 0 Å². The lowest BCUT2D eigenvalue weighted by atomic mass is 10.1. The van der Waals surface area contributed by atoms with E-state index < -0.39 is 0 Å². The molecule has 0 spiro atoms. The number of rotatable bonds is 9. The average molecular weight is 255 g/mol. The van der Waals surface area contributed by atoms with Crippen LogP contribution in [0.3, 0.4) is 0 Å². The lowest BCUT2D eigenvalue weighted by Crippen LogP contribution is -2.24. The molecular weight excluding hydrogens is 228 g/mol. The van der Waals surface area contributed by atoms with Crippen LogP contribution in [0.15, 0.2) is 18.7 Å². The van der Waals surface area contributed by atoms with Crippen LogP contribution in [-0.2, 0) is 7.05 Å². The van der Waals surface area contributed by atoms with Gasteiger partial charge in [0.05, 0.1) is 7.05 Å². The number of hydrogen-bond donors (Lipinski definition) is 1. The second kappa shape index (κ2) is 8.62. The van der Waals surface area contributed by atoms with Crippen molar-refractivity contribution in [1.29, 1.82) is 0 Å². The molecule has 0 aliphatic carbocycles. The number of aryl methyl sites for hydroxylation is 1. The molecule has 3 heteroatoms. The minimum atomic E-state index is 0.340. The number of nitrogens with zero attached hydrogens (tertiary/aromatic N) is 2. The summed E-state index contributed by atoms with van der Waals surface area (Å²) in [5.74, 6) is 0. The fraction of sp³-hybridized carbons (Fsp3) is 0.786. The summed E-state index contributed by atoms with van der Waals surface area (Å²) in [6, 6.07) is 0. The Morgan fingerprint density at radius 2 is 1.76 bits per heavy atom. The largest absolute Gasteiger partial charge is 0.244 e. The third-order valence-corrected chi connectivity index (χ3v) is 3.72. The van der Waals surface area contributed by atoms with Crippen molar-refractivity contribution in [3.8, 4) is 0 Å². The molecule has 1 aromatic rings. The summed E-state index contributed by atoms with van der Waals surface area (Å²) < 4.78 is 4.24. The van der Waals surface area contributed by atoms with Gasteiger partial charge in [-0.3, -0.25) is 0 Å². The van der Waals surface area contributed by atoms with Gasteiger partial charge in [-0.25, -0.2) is 9.13 Å². The van der Waals surface area contributed by atoms with E-state index in [1.54, 1.807) is 0 Å². The van der Waals surface area contributed by atoms with Crippen LogP contribution in [0.1, 0.15) is 63.7 Å². The van der Waals surface area contributed by atoms with Gasteiger partial charge in [0.25, 0.3) is 0 Å². The molecule has 1 unspecified atom stereocenters. The van der Waals surface area contributed by atoms with E-state index in [1.165, 1.54) is 51.4 Å². The first-order valence-electron chi connectivity index (χ1n) is 6.95. The summed E-state index contributed by atoms with van der Waals surface area (Å²) in [6.45, 7) is 2.27. The Hall–Kier alpha value is -0.440. The summed E-state index contributed by atoms with van der Waals surface area (Å²) >= 11 is 4.64. The first kappa shape index (κ1) is 14.6. The SMILES string of the molecule is CCCCCCCCCC(S)n1cc[n+](C)c1. The second-order valence-corrected chi connectivity index (χ2v) is 5.51. The fourth-order valence-corrected chi connectivity index (χ4v) is 2.40. The highest BCUT2D eigenvalue weighted by Crippen LogP contribution is 2.19. The molecule has 0 bridgehead atoms. The molecule has 1 aromatic heterocycles. The third kappa shape index (κ3) is 6.16. The van der Waals surface area contributed by atoms with Crippen LogP contribution in [-0.4, -0.2) is 4.57 Å². The highest BCUT2D eigenvalue weighted by Gasteiger charge is 2.10. The van der Waals surface area contributed by atoms with E-state index in [4.69, 9.17) is 0 Å². The van der Waals surface area contributed by atoms with Crippen LogP contribution in [0, 0.1) is 0 Å². The van der Waals surface area contributed by atoms with Crippen LogP contribution in [0.25, 0.3) is 0 Å². The number of aromatic nitrogens is 2. The Kier molecular flexibility index (Phi) is 7.41. The van der Waals surface area contributed by atoms with Gasteiger partial charge >= 0.3 is 0 Å². The summed E-state index contributed by atoms with van der Waals surface area (Å²) in [6.07, 6.45) is 17.0. The molecule has 0 amide bonds. The predicted octanol–water partition coefficient (Wildman–Crippen LogP) is 3.88. The predicted molar refractivity (Wildman–Crippen MR) is 76.2 cm³/mol. The summed E-state index contributed by atoms with van der Waals surface area (Å²) in [5, 5.41) is 0.340. The average Bonchev–Trinajstić information content (AvgIpc) is 2.74. The van der Waals surface area contributed by atoms with Crippen molar-refractivity contribution in [3.63, 3.8) is 0 Å². The van der Waals surface area contributed by atoms with Gasteiger partial charge in [-0.2, -0.15) is 0 Å². The molecule has 17 heavy (non-hydrogen) atoms. The van der Waals surface area contributed by atoms with Crippen molar-refractivity contribution in [2.75, 3.05) is 0 Å². The molecule has 0 fully saturated rings. The molecule has 2 nitrogen and oxygen atoms in total. The summed E-state index contributed by atoms with van der Waals surface area (Å²) in [7, 11) is 2.05. The van der Waals surface area contributed by atoms with Gasteiger partial charge in [0.1, 0.15) is 17.8 Å². The smallest absolute Gasteiger partial charge is 0.240 e. The minimum absolute atomic E-state index is 0.340. The Morgan fingerprint density at radius 3 is 2.35 bits per heavy atom.